The van der Waals surface area contributed by atoms with E-state index in [9.17, 15) is 13.2 Å². The highest BCUT2D eigenvalue weighted by atomic mass is 32.2. The normalized spacial score (nSPS) is 19.6. The summed E-state index contributed by atoms with van der Waals surface area (Å²) in [5.41, 5.74) is 3.58. The van der Waals surface area contributed by atoms with Crippen LogP contribution in [0.1, 0.15) is 68.9 Å². The molecule has 2 heterocycles. The predicted octanol–water partition coefficient (Wildman–Crippen LogP) is 3.35. The van der Waals surface area contributed by atoms with Gasteiger partial charge >= 0.3 is 0 Å². The van der Waals surface area contributed by atoms with Gasteiger partial charge in [-0.3, -0.25) is 4.79 Å². The van der Waals surface area contributed by atoms with Crippen molar-refractivity contribution in [2.75, 3.05) is 39.3 Å². The van der Waals surface area contributed by atoms with Crippen LogP contribution in [0.3, 0.4) is 0 Å². The number of nitrogens with zero attached hydrogens (tertiary/aromatic N) is 4. The van der Waals surface area contributed by atoms with Crippen molar-refractivity contribution in [1.29, 1.82) is 0 Å². The first kappa shape index (κ1) is 24.0. The summed E-state index contributed by atoms with van der Waals surface area (Å²) in [5.74, 6) is -0.0534. The number of hydrogen-bond donors (Lipinski definition) is 0. The molecule has 0 spiro atoms. The van der Waals surface area contributed by atoms with Crippen molar-refractivity contribution in [2.45, 2.75) is 65.8 Å². The lowest BCUT2D eigenvalue weighted by atomic mass is 9.95. The number of carbonyl (C=O) groups is 1. The lowest BCUT2D eigenvalue weighted by Gasteiger charge is -2.35. The summed E-state index contributed by atoms with van der Waals surface area (Å²) in [5, 5.41) is 0. The smallest absolute Gasteiger partial charge is 0.282 e. The van der Waals surface area contributed by atoms with Crippen LogP contribution >= 0.6 is 0 Å². The zero-order chi connectivity index (χ0) is 22.6. The summed E-state index contributed by atoms with van der Waals surface area (Å²) >= 11 is 0. The summed E-state index contributed by atoms with van der Waals surface area (Å²) in [4.78, 5) is 14.5. The maximum atomic E-state index is 12.7. The highest BCUT2D eigenvalue weighted by Crippen LogP contribution is 2.32. The second-order valence-electron chi connectivity index (χ2n) is 8.64. The Hall–Kier alpha value is -1.64. The first-order valence-corrected chi connectivity index (χ1v) is 13.1. The van der Waals surface area contributed by atoms with Gasteiger partial charge in [-0.05, 0) is 44.4 Å². The van der Waals surface area contributed by atoms with Crippen LogP contribution < -0.4 is 0 Å². The molecule has 1 aliphatic heterocycles. The maximum absolute atomic E-state index is 12.7. The molecule has 3 rings (SSSR count). The Kier molecular flexibility index (Phi) is 7.99. The number of aryl methyl sites for hydroxylation is 1. The molecule has 1 aromatic heterocycles. The molecular weight excluding hydrogens is 412 g/mol. The Labute approximate surface area is 187 Å². The first-order valence-electron chi connectivity index (χ1n) is 11.7. The molecule has 1 aliphatic carbocycles. The second-order valence-corrected chi connectivity index (χ2v) is 10.6. The Bertz CT molecular complexity index is 888. The summed E-state index contributed by atoms with van der Waals surface area (Å²) < 4.78 is 30.7. The van der Waals surface area contributed by atoms with Crippen molar-refractivity contribution in [1.82, 2.24) is 18.1 Å². The molecule has 0 aromatic carbocycles. The van der Waals surface area contributed by atoms with Gasteiger partial charge in [-0.25, -0.2) is 0 Å². The molecule has 0 bridgehead atoms. The minimum Gasteiger partial charge on any atom is -0.346 e. The summed E-state index contributed by atoms with van der Waals surface area (Å²) in [7, 11) is -3.44. The number of hydrogen-bond acceptors (Lipinski definition) is 3. The van der Waals surface area contributed by atoms with E-state index in [0.717, 1.165) is 5.56 Å². The topological polar surface area (TPSA) is 65.9 Å². The van der Waals surface area contributed by atoms with Gasteiger partial charge in [0.05, 0.1) is 0 Å². The molecule has 0 atom stereocenters. The van der Waals surface area contributed by atoms with Gasteiger partial charge in [0.2, 0.25) is 5.91 Å². The van der Waals surface area contributed by atoms with Crippen LogP contribution in [0.4, 0.5) is 0 Å². The van der Waals surface area contributed by atoms with E-state index in [0.29, 0.717) is 45.3 Å². The van der Waals surface area contributed by atoms with Crippen LogP contribution in [-0.2, 0) is 15.0 Å². The zero-order valence-electron chi connectivity index (χ0n) is 19.5. The Balaban J connectivity index is 1.62. The molecule has 1 saturated carbocycles. The molecule has 2 fully saturated rings. The van der Waals surface area contributed by atoms with E-state index < -0.39 is 10.2 Å². The van der Waals surface area contributed by atoms with Crippen LogP contribution in [-0.4, -0.2) is 71.7 Å². The monoisotopic (exact) mass is 450 g/mol. The van der Waals surface area contributed by atoms with E-state index in [1.54, 1.807) is 11.0 Å². The molecule has 0 unspecified atom stereocenters. The third-order valence-electron chi connectivity index (χ3n) is 6.78. The molecule has 1 amide bonds. The largest absolute Gasteiger partial charge is 0.346 e. The fourth-order valence-electron chi connectivity index (χ4n) is 4.99. The molecule has 1 saturated heterocycles. The van der Waals surface area contributed by atoms with Crippen molar-refractivity contribution >= 4 is 22.2 Å². The maximum Gasteiger partial charge on any atom is 0.282 e. The van der Waals surface area contributed by atoms with Crippen molar-refractivity contribution in [3.63, 3.8) is 0 Å². The van der Waals surface area contributed by atoms with Crippen LogP contribution in [0.25, 0.3) is 6.08 Å². The lowest BCUT2D eigenvalue weighted by Crippen LogP contribution is -2.53. The van der Waals surface area contributed by atoms with Crippen molar-refractivity contribution in [3.05, 3.63) is 29.1 Å². The molecule has 0 N–H and O–H groups in total. The van der Waals surface area contributed by atoms with E-state index in [4.69, 9.17) is 0 Å². The first-order chi connectivity index (χ1) is 14.8. The molecular formula is C23H38N4O3S. The molecule has 1 aromatic rings. The van der Waals surface area contributed by atoms with Crippen molar-refractivity contribution in [2.24, 2.45) is 0 Å². The average molecular weight is 451 g/mol. The van der Waals surface area contributed by atoms with Crippen LogP contribution in [0.5, 0.6) is 0 Å². The molecule has 2 aliphatic rings. The van der Waals surface area contributed by atoms with Crippen LogP contribution in [0, 0.1) is 13.8 Å². The van der Waals surface area contributed by atoms with Gasteiger partial charge in [0.25, 0.3) is 10.2 Å². The predicted molar refractivity (Wildman–Crippen MR) is 125 cm³/mol. The second kappa shape index (κ2) is 10.3. The average Bonchev–Trinajstić information content (AvgIpc) is 3.06. The number of piperazine rings is 1. The number of amides is 1. The molecule has 7 nitrogen and oxygen atoms in total. The van der Waals surface area contributed by atoms with E-state index in [1.807, 2.05) is 19.9 Å². The van der Waals surface area contributed by atoms with E-state index in [2.05, 4.69) is 24.5 Å². The van der Waals surface area contributed by atoms with Crippen LogP contribution in [0.15, 0.2) is 12.1 Å². The third kappa shape index (κ3) is 5.23. The van der Waals surface area contributed by atoms with Gasteiger partial charge in [-0.1, -0.05) is 33.1 Å². The Morgan fingerprint density at radius 1 is 1.06 bits per heavy atom. The summed E-state index contributed by atoms with van der Waals surface area (Å²) in [6.45, 7) is 10.4. The van der Waals surface area contributed by atoms with Crippen LogP contribution in [0.2, 0.25) is 0 Å². The van der Waals surface area contributed by atoms with Gasteiger partial charge in [0.1, 0.15) is 0 Å². The van der Waals surface area contributed by atoms with E-state index >= 15 is 0 Å². The molecule has 31 heavy (non-hydrogen) atoms. The fraction of sp³-hybridized carbons (Fsp3) is 0.696. The van der Waals surface area contributed by atoms with E-state index in [1.165, 1.54) is 52.1 Å². The van der Waals surface area contributed by atoms with Gasteiger partial charge in [-0.2, -0.15) is 17.0 Å². The van der Waals surface area contributed by atoms with Crippen molar-refractivity contribution < 1.29 is 13.2 Å². The Morgan fingerprint density at radius 3 is 2.26 bits per heavy atom. The fourth-order valence-corrected chi connectivity index (χ4v) is 6.60. The SMILES string of the molecule is CCN(CC)S(=O)(=O)N1CCN(C(=O)/C=C/c2cc(C)n(C3CCCCC3)c2C)CC1. The third-order valence-corrected chi connectivity index (χ3v) is 8.96. The number of carbonyl (C=O) groups excluding carboxylic acids is 1. The zero-order valence-corrected chi connectivity index (χ0v) is 20.3. The minimum atomic E-state index is -3.44. The van der Waals surface area contributed by atoms with E-state index in [-0.39, 0.29) is 5.91 Å². The minimum absolute atomic E-state index is 0.0534. The van der Waals surface area contributed by atoms with Crippen molar-refractivity contribution in [3.8, 4) is 0 Å². The molecule has 174 valence electrons. The molecule has 0 radical (unpaired) electrons. The number of aromatic nitrogens is 1. The quantitative estimate of drug-likeness (QED) is 0.599. The highest BCUT2D eigenvalue weighted by Gasteiger charge is 2.31. The van der Waals surface area contributed by atoms with Gasteiger partial charge in [0, 0.05) is 62.8 Å². The standard InChI is InChI=1S/C23H38N4O3S/c1-5-25(6-2)31(29,30)26-16-14-24(15-17-26)23(28)13-12-21-18-19(3)27(20(21)4)22-10-8-7-9-11-22/h12-13,18,22H,5-11,14-17H2,1-4H3/b13-12+. The van der Waals surface area contributed by atoms with Gasteiger partial charge in [-0.15, -0.1) is 0 Å². The summed E-state index contributed by atoms with van der Waals surface area (Å²) in [6, 6.07) is 2.75. The Morgan fingerprint density at radius 2 is 1.68 bits per heavy atom. The van der Waals surface area contributed by atoms with Gasteiger partial charge in [0.15, 0.2) is 0 Å². The van der Waals surface area contributed by atoms with Gasteiger partial charge < -0.3 is 9.47 Å². The summed E-state index contributed by atoms with van der Waals surface area (Å²) in [6.07, 6.45) is 9.95. The highest BCUT2D eigenvalue weighted by molar-refractivity contribution is 7.86. The molecule has 8 heteroatoms. The number of rotatable bonds is 7. The lowest BCUT2D eigenvalue weighted by molar-refractivity contribution is -0.127.